The number of hydrogen-bond donors (Lipinski definition) is 1. The average molecular weight is 579 g/mol. The number of amides is 1. The molecule has 8 heteroatoms. The van der Waals surface area contributed by atoms with Crippen molar-refractivity contribution in [2.75, 3.05) is 5.32 Å². The van der Waals surface area contributed by atoms with Crippen LogP contribution in [0, 0.1) is 6.92 Å². The fraction of sp³-hybridized carbons (Fsp3) is 0.0870. The summed E-state index contributed by atoms with van der Waals surface area (Å²) < 4.78 is 27.7. The Balaban J connectivity index is 1.65. The van der Waals surface area contributed by atoms with Crippen LogP contribution in [0.15, 0.2) is 84.3 Å². The molecule has 0 fully saturated rings. The van der Waals surface area contributed by atoms with E-state index in [9.17, 15) is 13.2 Å². The highest BCUT2D eigenvalue weighted by molar-refractivity contribution is 9.11. The lowest BCUT2D eigenvalue weighted by Gasteiger charge is -2.19. The molecule has 3 aromatic rings. The number of halogens is 2. The van der Waals surface area contributed by atoms with Crippen LogP contribution in [0.1, 0.15) is 16.7 Å². The van der Waals surface area contributed by atoms with Gasteiger partial charge in [-0.05, 0) is 54.5 Å². The van der Waals surface area contributed by atoms with Crippen molar-refractivity contribution >= 4 is 71.1 Å². The Kier molecular flexibility index (Phi) is 6.44. The minimum absolute atomic E-state index is 0.142. The minimum atomic E-state index is -3.59. The molecule has 31 heavy (non-hydrogen) atoms. The molecule has 0 spiro atoms. The minimum Gasteiger partial charge on any atom is -0.320 e. The van der Waals surface area contributed by atoms with Crippen molar-refractivity contribution in [3.63, 3.8) is 0 Å². The first kappa shape index (κ1) is 22.3. The molecule has 1 heterocycles. The van der Waals surface area contributed by atoms with Crippen LogP contribution in [0.3, 0.4) is 0 Å². The third-order valence-corrected chi connectivity index (χ3v) is 8.98. The molecule has 1 aliphatic heterocycles. The van der Waals surface area contributed by atoms with Gasteiger partial charge in [0.25, 0.3) is 5.91 Å². The monoisotopic (exact) mass is 577 g/mol. The van der Waals surface area contributed by atoms with Crippen molar-refractivity contribution < 1.29 is 13.2 Å². The van der Waals surface area contributed by atoms with Gasteiger partial charge in [-0.15, -0.1) is 0 Å². The molecule has 0 saturated heterocycles. The molecule has 158 valence electrons. The Bertz CT molecular complexity index is 1300. The summed E-state index contributed by atoms with van der Waals surface area (Å²) in [6.07, 6.45) is 1.81. The molecule has 0 aromatic heterocycles. The number of carbonyl (C=O) groups is 1. The number of carbonyl (C=O) groups excluding carboxylic acids is 1. The van der Waals surface area contributed by atoms with Crippen molar-refractivity contribution in [1.82, 2.24) is 0 Å². The van der Waals surface area contributed by atoms with Crippen LogP contribution in [-0.2, 0) is 20.4 Å². The van der Waals surface area contributed by atoms with E-state index >= 15 is 0 Å². The van der Waals surface area contributed by atoms with Crippen LogP contribution in [-0.4, -0.2) is 14.3 Å². The highest BCUT2D eigenvalue weighted by Gasteiger charge is 2.25. The van der Waals surface area contributed by atoms with Crippen LogP contribution in [0.4, 0.5) is 5.69 Å². The van der Waals surface area contributed by atoms with Crippen molar-refractivity contribution in [2.45, 2.75) is 22.5 Å². The average Bonchev–Trinajstić information content (AvgIpc) is 2.73. The quantitative estimate of drug-likeness (QED) is 0.355. The summed E-state index contributed by atoms with van der Waals surface area (Å²) in [7, 11) is -3.59. The largest absolute Gasteiger partial charge is 0.320 e. The van der Waals surface area contributed by atoms with Crippen molar-refractivity contribution in [2.24, 2.45) is 0 Å². The molecular formula is C23H17Br2NO3S2. The van der Waals surface area contributed by atoms with E-state index in [1.165, 1.54) is 17.8 Å². The zero-order chi connectivity index (χ0) is 22.2. The predicted molar refractivity (Wildman–Crippen MR) is 133 cm³/mol. The zero-order valence-electron chi connectivity index (χ0n) is 16.4. The fourth-order valence-electron chi connectivity index (χ4n) is 3.09. The molecule has 1 amide bonds. The summed E-state index contributed by atoms with van der Waals surface area (Å²) in [4.78, 5) is 13.9. The van der Waals surface area contributed by atoms with E-state index in [0.717, 1.165) is 20.1 Å². The Morgan fingerprint density at radius 3 is 2.35 bits per heavy atom. The second kappa shape index (κ2) is 8.94. The lowest BCUT2D eigenvalue weighted by molar-refractivity contribution is -0.112. The van der Waals surface area contributed by atoms with Crippen LogP contribution in [0.2, 0.25) is 0 Å². The van der Waals surface area contributed by atoms with E-state index in [-0.39, 0.29) is 16.6 Å². The number of rotatable bonds is 4. The molecule has 0 aliphatic carbocycles. The number of anilines is 1. The third kappa shape index (κ3) is 4.98. The van der Waals surface area contributed by atoms with Gasteiger partial charge in [-0.1, -0.05) is 79.5 Å². The van der Waals surface area contributed by atoms with Crippen LogP contribution in [0.25, 0.3) is 6.08 Å². The highest BCUT2D eigenvalue weighted by atomic mass is 79.9. The maximum atomic E-state index is 13.1. The number of benzene rings is 3. The first-order valence-corrected chi connectivity index (χ1v) is 13.4. The number of nitrogens with one attached hydrogen (secondary N) is 1. The van der Waals surface area contributed by atoms with E-state index in [1.807, 2.05) is 55.5 Å². The number of thioether (sulfide) groups is 1. The van der Waals surface area contributed by atoms with Crippen molar-refractivity contribution in [1.29, 1.82) is 0 Å². The van der Waals surface area contributed by atoms with Gasteiger partial charge in [0.15, 0.2) is 9.84 Å². The third-order valence-electron chi connectivity index (χ3n) is 4.78. The van der Waals surface area contributed by atoms with E-state index in [2.05, 4.69) is 37.2 Å². The lowest BCUT2D eigenvalue weighted by atomic mass is 10.1. The van der Waals surface area contributed by atoms with Gasteiger partial charge in [-0.3, -0.25) is 4.79 Å². The van der Waals surface area contributed by atoms with Gasteiger partial charge in [0, 0.05) is 13.8 Å². The Morgan fingerprint density at radius 1 is 1.00 bits per heavy atom. The molecule has 3 aromatic carbocycles. The molecule has 0 radical (unpaired) electrons. The summed E-state index contributed by atoms with van der Waals surface area (Å²) in [5.41, 5.74) is 3.33. The summed E-state index contributed by atoms with van der Waals surface area (Å²) >= 11 is 8.13. The van der Waals surface area contributed by atoms with Crippen LogP contribution >= 0.6 is 43.6 Å². The van der Waals surface area contributed by atoms with Gasteiger partial charge in [-0.2, -0.15) is 0 Å². The van der Waals surface area contributed by atoms with E-state index in [1.54, 1.807) is 12.1 Å². The van der Waals surface area contributed by atoms with Crippen molar-refractivity contribution in [3.05, 3.63) is 91.2 Å². The summed E-state index contributed by atoms with van der Waals surface area (Å²) in [6, 6.07) is 18.1. The van der Waals surface area contributed by atoms with Gasteiger partial charge in [0.05, 0.1) is 21.2 Å². The molecule has 0 atom stereocenters. The normalized spacial score (nSPS) is 14.9. The topological polar surface area (TPSA) is 63.2 Å². The van der Waals surface area contributed by atoms with Crippen LogP contribution < -0.4 is 5.32 Å². The van der Waals surface area contributed by atoms with Gasteiger partial charge in [0.2, 0.25) is 0 Å². The Morgan fingerprint density at radius 2 is 1.68 bits per heavy atom. The van der Waals surface area contributed by atoms with E-state index in [0.29, 0.717) is 21.1 Å². The highest BCUT2D eigenvalue weighted by Crippen LogP contribution is 2.40. The number of aryl methyl sites for hydroxylation is 1. The molecule has 0 saturated carbocycles. The summed E-state index contributed by atoms with van der Waals surface area (Å²) in [5.74, 6) is -0.345. The molecule has 4 rings (SSSR count). The number of sulfone groups is 1. The standard InChI is InChI=1S/C23H17Br2NO3S2/c1-14-5-7-15(8-6-14)11-22-23(27)26-20-10-9-16(12-21(20)30-22)31(28,29)13-17-18(24)3-2-4-19(17)25/h2-12H,13H2,1H3,(H,26,27). The van der Waals surface area contributed by atoms with Gasteiger partial charge < -0.3 is 5.32 Å². The van der Waals surface area contributed by atoms with E-state index in [4.69, 9.17) is 0 Å². The summed E-state index contributed by atoms with van der Waals surface area (Å²) in [6.45, 7) is 2.00. The zero-order valence-corrected chi connectivity index (χ0v) is 21.2. The molecule has 0 unspecified atom stereocenters. The van der Waals surface area contributed by atoms with Gasteiger partial charge in [-0.25, -0.2) is 8.42 Å². The Hall–Kier alpha value is -1.87. The van der Waals surface area contributed by atoms with E-state index < -0.39 is 9.84 Å². The van der Waals surface area contributed by atoms with Crippen LogP contribution in [0.5, 0.6) is 0 Å². The lowest BCUT2D eigenvalue weighted by Crippen LogP contribution is -2.17. The molecule has 1 aliphatic rings. The molecule has 1 N–H and O–H groups in total. The predicted octanol–water partition coefficient (Wildman–Crippen LogP) is 6.58. The molecular weight excluding hydrogens is 562 g/mol. The smallest absolute Gasteiger partial charge is 0.262 e. The first-order chi connectivity index (χ1) is 14.7. The SMILES string of the molecule is Cc1ccc(C=C2Sc3cc(S(=O)(=O)Cc4c(Br)cccc4Br)ccc3NC2=O)cc1. The maximum Gasteiger partial charge on any atom is 0.262 e. The first-order valence-electron chi connectivity index (χ1n) is 9.30. The second-order valence-corrected chi connectivity index (χ2v) is 11.9. The maximum absolute atomic E-state index is 13.1. The molecule has 0 bridgehead atoms. The number of hydrogen-bond acceptors (Lipinski definition) is 4. The second-order valence-electron chi connectivity index (χ2n) is 7.09. The number of fused-ring (bicyclic) bond motifs is 1. The van der Waals surface area contributed by atoms with Gasteiger partial charge >= 0.3 is 0 Å². The van der Waals surface area contributed by atoms with Gasteiger partial charge in [0.1, 0.15) is 0 Å². The fourth-order valence-corrected chi connectivity index (χ4v) is 7.23. The van der Waals surface area contributed by atoms with Crippen molar-refractivity contribution in [3.8, 4) is 0 Å². The molecule has 4 nitrogen and oxygen atoms in total. The summed E-state index contributed by atoms with van der Waals surface area (Å²) in [5, 5.41) is 2.85. The Labute approximate surface area is 202 Å².